The predicted molar refractivity (Wildman–Crippen MR) is 63.6 cm³/mol. The van der Waals surface area contributed by atoms with Crippen molar-refractivity contribution in [1.29, 1.82) is 0 Å². The SMILES string of the molecule is CCCCCC1OCC(C)(COS(=O)(=O)[O-])CO1.[Na+]. The topological polar surface area (TPSA) is 84.9 Å². The summed E-state index contributed by atoms with van der Waals surface area (Å²) in [6.07, 6.45) is 3.93. The number of unbranched alkanes of at least 4 members (excludes halogenated alkanes) is 2. The summed E-state index contributed by atoms with van der Waals surface area (Å²) in [5.41, 5.74) is -0.585. The van der Waals surface area contributed by atoms with Crippen LogP contribution in [0.5, 0.6) is 0 Å². The van der Waals surface area contributed by atoms with Crippen molar-refractivity contribution in [3.8, 4) is 0 Å². The van der Waals surface area contributed by atoms with Gasteiger partial charge in [-0.3, -0.25) is 4.18 Å². The standard InChI is InChI=1S/C11H22O6S.Na/c1-3-4-5-6-10-15-7-11(2,8-16-10)9-17-18(12,13)14;/h10H,3-9H2,1-2H3,(H,12,13,14);/q;+1/p-1. The molecule has 1 aliphatic heterocycles. The monoisotopic (exact) mass is 304 g/mol. The van der Waals surface area contributed by atoms with Gasteiger partial charge in [0.25, 0.3) is 0 Å². The van der Waals surface area contributed by atoms with Crippen molar-refractivity contribution >= 4 is 10.4 Å². The maximum Gasteiger partial charge on any atom is 1.00 e. The second-order valence-corrected chi connectivity index (χ2v) is 6.08. The van der Waals surface area contributed by atoms with Gasteiger partial charge in [-0.2, -0.15) is 0 Å². The van der Waals surface area contributed by atoms with Crippen molar-refractivity contribution in [2.75, 3.05) is 19.8 Å². The van der Waals surface area contributed by atoms with Crippen molar-refractivity contribution in [2.45, 2.75) is 45.8 Å². The molecule has 8 heteroatoms. The molecular formula is C11H21NaO6S. The Labute approximate surface area is 137 Å². The normalized spacial score (nSPS) is 27.8. The van der Waals surface area contributed by atoms with Crippen LogP contribution in [0.2, 0.25) is 0 Å². The van der Waals surface area contributed by atoms with Crippen LogP contribution >= 0.6 is 0 Å². The van der Waals surface area contributed by atoms with E-state index in [1.54, 1.807) is 6.92 Å². The van der Waals surface area contributed by atoms with E-state index in [4.69, 9.17) is 9.47 Å². The summed E-state index contributed by atoms with van der Waals surface area (Å²) in [7, 11) is -4.65. The van der Waals surface area contributed by atoms with Crippen LogP contribution in [-0.4, -0.2) is 39.1 Å². The molecule has 0 bridgehead atoms. The molecule has 0 unspecified atom stereocenters. The van der Waals surface area contributed by atoms with E-state index in [0.717, 1.165) is 25.7 Å². The first-order valence-electron chi connectivity index (χ1n) is 6.18. The van der Waals surface area contributed by atoms with E-state index in [1.807, 2.05) is 0 Å². The molecule has 0 spiro atoms. The van der Waals surface area contributed by atoms with Crippen molar-refractivity contribution in [2.24, 2.45) is 5.41 Å². The van der Waals surface area contributed by atoms with Crippen molar-refractivity contribution in [3.63, 3.8) is 0 Å². The molecule has 0 amide bonds. The molecule has 0 aromatic rings. The zero-order valence-electron chi connectivity index (χ0n) is 11.9. The third-order valence-corrected chi connectivity index (χ3v) is 3.24. The van der Waals surface area contributed by atoms with E-state index in [-0.39, 0.29) is 42.5 Å². The molecule has 1 fully saturated rings. The summed E-state index contributed by atoms with van der Waals surface area (Å²) in [6, 6.07) is 0. The van der Waals surface area contributed by atoms with Gasteiger partial charge in [-0.05, 0) is 12.8 Å². The quantitative estimate of drug-likeness (QED) is 0.244. The number of hydrogen-bond donors (Lipinski definition) is 0. The van der Waals surface area contributed by atoms with Crippen molar-refractivity contribution in [3.05, 3.63) is 0 Å². The number of hydrogen-bond acceptors (Lipinski definition) is 6. The molecule has 19 heavy (non-hydrogen) atoms. The molecule has 1 rings (SSSR count). The van der Waals surface area contributed by atoms with Gasteiger partial charge in [-0.15, -0.1) is 0 Å². The summed E-state index contributed by atoms with van der Waals surface area (Å²) >= 11 is 0. The molecule has 0 atom stereocenters. The van der Waals surface area contributed by atoms with Gasteiger partial charge >= 0.3 is 29.6 Å². The minimum atomic E-state index is -4.65. The fraction of sp³-hybridized carbons (Fsp3) is 1.00. The van der Waals surface area contributed by atoms with Crippen LogP contribution in [0.1, 0.15) is 39.5 Å². The zero-order chi connectivity index (χ0) is 13.6. The van der Waals surface area contributed by atoms with Gasteiger partial charge in [0.1, 0.15) is 0 Å². The van der Waals surface area contributed by atoms with Gasteiger partial charge in [0, 0.05) is 5.41 Å². The summed E-state index contributed by atoms with van der Waals surface area (Å²) < 4.78 is 46.5. The van der Waals surface area contributed by atoms with E-state index in [1.165, 1.54) is 0 Å². The third-order valence-electron chi connectivity index (χ3n) is 2.83. The molecule has 1 aliphatic rings. The molecule has 0 saturated carbocycles. The first-order chi connectivity index (χ1) is 8.35. The van der Waals surface area contributed by atoms with E-state index in [9.17, 15) is 13.0 Å². The van der Waals surface area contributed by atoms with E-state index in [2.05, 4.69) is 11.1 Å². The Kier molecular flexibility index (Phi) is 9.31. The summed E-state index contributed by atoms with van der Waals surface area (Å²) in [5, 5.41) is 0. The fourth-order valence-electron chi connectivity index (χ4n) is 1.70. The van der Waals surface area contributed by atoms with E-state index >= 15 is 0 Å². The van der Waals surface area contributed by atoms with E-state index < -0.39 is 15.8 Å². The molecule has 1 saturated heterocycles. The fourth-order valence-corrected chi connectivity index (χ4v) is 2.13. The molecule has 0 radical (unpaired) electrons. The van der Waals surface area contributed by atoms with Gasteiger partial charge in [-0.1, -0.05) is 26.7 Å². The van der Waals surface area contributed by atoms with Crippen molar-refractivity contribution < 1.29 is 56.2 Å². The largest absolute Gasteiger partial charge is 1.00 e. The van der Waals surface area contributed by atoms with Crippen LogP contribution < -0.4 is 29.6 Å². The zero-order valence-corrected chi connectivity index (χ0v) is 14.7. The first kappa shape index (κ1) is 19.8. The van der Waals surface area contributed by atoms with E-state index in [0.29, 0.717) is 13.2 Å². The minimum absolute atomic E-state index is 0. The Hall–Kier alpha value is 0.790. The maximum absolute atomic E-state index is 10.4. The molecule has 108 valence electrons. The molecule has 0 N–H and O–H groups in total. The van der Waals surface area contributed by atoms with Crippen LogP contribution in [0.25, 0.3) is 0 Å². The average molecular weight is 304 g/mol. The maximum atomic E-state index is 10.4. The number of rotatable bonds is 7. The Balaban J connectivity index is 0.00000324. The summed E-state index contributed by atoms with van der Waals surface area (Å²) in [5.74, 6) is 0. The van der Waals surface area contributed by atoms with Crippen LogP contribution in [0.4, 0.5) is 0 Å². The molecule has 1 heterocycles. The summed E-state index contributed by atoms with van der Waals surface area (Å²) in [6.45, 7) is 4.35. The smallest absolute Gasteiger partial charge is 0.726 e. The van der Waals surface area contributed by atoms with Gasteiger partial charge in [0.2, 0.25) is 10.4 Å². The molecule has 0 aliphatic carbocycles. The second-order valence-electron chi connectivity index (χ2n) is 5.03. The van der Waals surface area contributed by atoms with Crippen LogP contribution in [-0.2, 0) is 24.1 Å². The van der Waals surface area contributed by atoms with Gasteiger partial charge < -0.3 is 14.0 Å². The van der Waals surface area contributed by atoms with Crippen LogP contribution in [0.3, 0.4) is 0 Å². The Morgan fingerprint density at radius 2 is 1.89 bits per heavy atom. The first-order valence-corrected chi connectivity index (χ1v) is 7.51. The second kappa shape index (κ2) is 8.94. The Morgan fingerprint density at radius 3 is 2.37 bits per heavy atom. The average Bonchev–Trinajstić information content (AvgIpc) is 2.29. The molecule has 0 aromatic heterocycles. The molecule has 6 nitrogen and oxygen atoms in total. The molecular weight excluding hydrogens is 283 g/mol. The van der Waals surface area contributed by atoms with Gasteiger partial charge in [0.05, 0.1) is 19.8 Å². The van der Waals surface area contributed by atoms with Gasteiger partial charge in [-0.25, -0.2) is 8.42 Å². The third kappa shape index (κ3) is 8.62. The molecule has 0 aromatic carbocycles. The summed E-state index contributed by atoms with van der Waals surface area (Å²) in [4.78, 5) is 0. The predicted octanol–water partition coefficient (Wildman–Crippen LogP) is -1.57. The number of ether oxygens (including phenoxy) is 2. The Morgan fingerprint density at radius 1 is 1.32 bits per heavy atom. The van der Waals surface area contributed by atoms with Crippen LogP contribution in [0, 0.1) is 5.41 Å². The van der Waals surface area contributed by atoms with Crippen LogP contribution in [0.15, 0.2) is 0 Å². The van der Waals surface area contributed by atoms with Gasteiger partial charge in [0.15, 0.2) is 6.29 Å². The Bertz CT molecular complexity index is 337. The minimum Gasteiger partial charge on any atom is -0.726 e. The van der Waals surface area contributed by atoms with Crippen molar-refractivity contribution in [1.82, 2.24) is 0 Å².